The Morgan fingerprint density at radius 1 is 0.727 bits per heavy atom. The molecule has 0 atom stereocenters. The van der Waals surface area contributed by atoms with Crippen molar-refractivity contribution in [1.29, 1.82) is 0 Å². The van der Waals surface area contributed by atoms with Crippen LogP contribution in [0.4, 0.5) is 11.4 Å². The van der Waals surface area contributed by atoms with E-state index >= 15 is 0 Å². The molecule has 3 aromatic rings. The lowest BCUT2D eigenvalue weighted by molar-refractivity contribution is -0.119. The lowest BCUT2D eigenvalue weighted by atomic mass is 10.1. The maximum absolute atomic E-state index is 12.4. The highest BCUT2D eigenvalue weighted by molar-refractivity contribution is 6.02. The molecular formula is C25H24N2O6. The molecule has 0 heterocycles. The van der Waals surface area contributed by atoms with E-state index in [9.17, 15) is 19.5 Å². The van der Waals surface area contributed by atoms with E-state index in [1.807, 2.05) is 38.1 Å². The zero-order valence-corrected chi connectivity index (χ0v) is 18.3. The molecule has 0 aliphatic heterocycles. The van der Waals surface area contributed by atoms with Crippen molar-refractivity contribution < 1.29 is 29.0 Å². The number of amides is 2. The van der Waals surface area contributed by atoms with Crippen molar-refractivity contribution in [3.63, 3.8) is 0 Å². The number of para-hydroxylation sites is 2. The SMILES string of the molecule is Cc1ccccc1OCC(=O)Nc1ccc(C(=O)O)cc1NC(=O)COc1ccccc1C. The van der Waals surface area contributed by atoms with Gasteiger partial charge in [-0.15, -0.1) is 0 Å². The van der Waals surface area contributed by atoms with Gasteiger partial charge in [0.25, 0.3) is 11.8 Å². The summed E-state index contributed by atoms with van der Waals surface area (Å²) in [5, 5.41) is 14.5. The monoisotopic (exact) mass is 448 g/mol. The van der Waals surface area contributed by atoms with Gasteiger partial charge in [-0.2, -0.15) is 0 Å². The largest absolute Gasteiger partial charge is 0.483 e. The van der Waals surface area contributed by atoms with Gasteiger partial charge in [-0.1, -0.05) is 36.4 Å². The Morgan fingerprint density at radius 2 is 1.21 bits per heavy atom. The van der Waals surface area contributed by atoms with Crippen LogP contribution in [0.2, 0.25) is 0 Å². The number of carboxylic acid groups (broad SMARTS) is 1. The fourth-order valence-electron chi connectivity index (χ4n) is 2.99. The summed E-state index contributed by atoms with van der Waals surface area (Å²) >= 11 is 0. The lowest BCUT2D eigenvalue weighted by Crippen LogP contribution is -2.24. The Hall–Kier alpha value is -4.33. The van der Waals surface area contributed by atoms with E-state index in [-0.39, 0.29) is 30.2 Å². The summed E-state index contributed by atoms with van der Waals surface area (Å²) in [5.41, 5.74) is 2.09. The van der Waals surface area contributed by atoms with Gasteiger partial charge in [0.15, 0.2) is 13.2 Å². The molecule has 33 heavy (non-hydrogen) atoms. The van der Waals surface area contributed by atoms with Crippen LogP contribution < -0.4 is 20.1 Å². The molecule has 8 heteroatoms. The molecule has 0 fully saturated rings. The van der Waals surface area contributed by atoms with Gasteiger partial charge in [0.2, 0.25) is 0 Å². The molecule has 3 aromatic carbocycles. The van der Waals surface area contributed by atoms with Crippen LogP contribution >= 0.6 is 0 Å². The molecule has 0 saturated heterocycles. The van der Waals surface area contributed by atoms with Crippen molar-refractivity contribution in [2.75, 3.05) is 23.8 Å². The Labute approximate surface area is 191 Å². The van der Waals surface area contributed by atoms with E-state index < -0.39 is 17.8 Å². The third kappa shape index (κ3) is 6.57. The number of carbonyl (C=O) groups excluding carboxylic acids is 2. The summed E-state index contributed by atoms with van der Waals surface area (Å²) in [6, 6.07) is 18.6. The van der Waals surface area contributed by atoms with E-state index in [0.29, 0.717) is 11.5 Å². The van der Waals surface area contributed by atoms with Gasteiger partial charge in [-0.05, 0) is 55.3 Å². The van der Waals surface area contributed by atoms with Gasteiger partial charge >= 0.3 is 5.97 Å². The lowest BCUT2D eigenvalue weighted by Gasteiger charge is -2.15. The topological polar surface area (TPSA) is 114 Å². The molecule has 0 aliphatic carbocycles. The number of anilines is 2. The molecule has 2 amide bonds. The van der Waals surface area contributed by atoms with E-state index in [4.69, 9.17) is 9.47 Å². The van der Waals surface area contributed by atoms with Gasteiger partial charge in [0.05, 0.1) is 16.9 Å². The molecule has 0 aromatic heterocycles. The van der Waals surface area contributed by atoms with Gasteiger partial charge < -0.3 is 25.2 Å². The van der Waals surface area contributed by atoms with Crippen LogP contribution in [0.5, 0.6) is 11.5 Å². The molecule has 3 rings (SSSR count). The second-order valence-corrected chi connectivity index (χ2v) is 7.27. The highest BCUT2D eigenvalue weighted by Crippen LogP contribution is 2.24. The number of carboxylic acids is 1. The van der Waals surface area contributed by atoms with E-state index in [2.05, 4.69) is 10.6 Å². The van der Waals surface area contributed by atoms with Crippen LogP contribution in [-0.2, 0) is 9.59 Å². The average Bonchev–Trinajstić information content (AvgIpc) is 2.79. The second kappa shape index (κ2) is 10.8. The van der Waals surface area contributed by atoms with Crippen LogP contribution in [-0.4, -0.2) is 36.1 Å². The molecular weight excluding hydrogens is 424 g/mol. The first-order chi connectivity index (χ1) is 15.8. The van der Waals surface area contributed by atoms with E-state index in [1.165, 1.54) is 18.2 Å². The molecule has 170 valence electrons. The number of hydrogen-bond donors (Lipinski definition) is 3. The molecule has 0 bridgehead atoms. The summed E-state index contributed by atoms with van der Waals surface area (Å²) in [6.07, 6.45) is 0. The molecule has 0 aliphatic rings. The molecule has 8 nitrogen and oxygen atoms in total. The second-order valence-electron chi connectivity index (χ2n) is 7.27. The van der Waals surface area contributed by atoms with Crippen LogP contribution in [0.3, 0.4) is 0 Å². The summed E-state index contributed by atoms with van der Waals surface area (Å²) in [6.45, 7) is 3.18. The number of ether oxygens (including phenoxy) is 2. The van der Waals surface area contributed by atoms with Crippen molar-refractivity contribution in [3.8, 4) is 11.5 Å². The number of hydrogen-bond acceptors (Lipinski definition) is 5. The maximum atomic E-state index is 12.4. The zero-order valence-electron chi connectivity index (χ0n) is 18.3. The standard InChI is InChI=1S/C25H24N2O6/c1-16-7-3-5-9-21(16)32-14-23(28)26-19-12-11-18(25(30)31)13-20(19)27-24(29)15-33-22-10-6-4-8-17(22)2/h3-13H,14-15H2,1-2H3,(H,26,28)(H,27,29)(H,30,31). The predicted molar refractivity (Wildman–Crippen MR) is 124 cm³/mol. The van der Waals surface area contributed by atoms with E-state index in [0.717, 1.165) is 11.1 Å². The fraction of sp³-hybridized carbons (Fsp3) is 0.160. The van der Waals surface area contributed by atoms with Crippen LogP contribution in [0.1, 0.15) is 21.5 Å². The van der Waals surface area contributed by atoms with Gasteiger partial charge in [0.1, 0.15) is 11.5 Å². The highest BCUT2D eigenvalue weighted by Gasteiger charge is 2.15. The Balaban J connectivity index is 1.68. The number of nitrogens with one attached hydrogen (secondary N) is 2. The molecule has 0 unspecified atom stereocenters. The van der Waals surface area contributed by atoms with Crippen molar-refractivity contribution in [3.05, 3.63) is 83.4 Å². The third-order valence-electron chi connectivity index (χ3n) is 4.72. The predicted octanol–water partition coefficient (Wildman–Crippen LogP) is 4.04. The first kappa shape index (κ1) is 23.3. The number of aryl methyl sites for hydroxylation is 2. The van der Waals surface area contributed by atoms with Gasteiger partial charge in [-0.25, -0.2) is 4.79 Å². The minimum atomic E-state index is -1.16. The van der Waals surface area contributed by atoms with Gasteiger partial charge in [-0.3, -0.25) is 9.59 Å². The van der Waals surface area contributed by atoms with Crippen LogP contribution in [0, 0.1) is 13.8 Å². The Morgan fingerprint density at radius 3 is 1.70 bits per heavy atom. The molecule has 3 N–H and O–H groups in total. The fourth-order valence-corrected chi connectivity index (χ4v) is 2.99. The zero-order chi connectivity index (χ0) is 23.8. The molecule has 0 radical (unpaired) electrons. The van der Waals surface area contributed by atoms with Gasteiger partial charge in [0, 0.05) is 0 Å². The number of carbonyl (C=O) groups is 3. The average molecular weight is 448 g/mol. The van der Waals surface area contributed by atoms with Crippen molar-refractivity contribution in [2.45, 2.75) is 13.8 Å². The third-order valence-corrected chi connectivity index (χ3v) is 4.72. The van der Waals surface area contributed by atoms with E-state index in [1.54, 1.807) is 24.3 Å². The number of benzene rings is 3. The number of rotatable bonds is 9. The maximum Gasteiger partial charge on any atom is 0.335 e. The number of aromatic carboxylic acids is 1. The molecule has 0 saturated carbocycles. The quantitative estimate of drug-likeness (QED) is 0.455. The van der Waals surface area contributed by atoms with Crippen molar-refractivity contribution >= 4 is 29.2 Å². The van der Waals surface area contributed by atoms with Crippen LogP contribution in [0.25, 0.3) is 0 Å². The minimum Gasteiger partial charge on any atom is -0.483 e. The normalized spacial score (nSPS) is 10.2. The van der Waals surface area contributed by atoms with Crippen molar-refractivity contribution in [2.24, 2.45) is 0 Å². The Kier molecular flexibility index (Phi) is 7.64. The first-order valence-corrected chi connectivity index (χ1v) is 10.2. The first-order valence-electron chi connectivity index (χ1n) is 10.2. The minimum absolute atomic E-state index is 0.0423. The highest BCUT2D eigenvalue weighted by atomic mass is 16.5. The smallest absolute Gasteiger partial charge is 0.335 e. The summed E-state index contributed by atoms with van der Waals surface area (Å²) in [4.78, 5) is 36.2. The Bertz CT molecular complexity index is 1180. The molecule has 0 spiro atoms. The summed E-state index contributed by atoms with van der Waals surface area (Å²) in [7, 11) is 0. The van der Waals surface area contributed by atoms with Crippen molar-refractivity contribution in [1.82, 2.24) is 0 Å². The summed E-state index contributed by atoms with van der Waals surface area (Å²) in [5.74, 6) is -0.993. The van der Waals surface area contributed by atoms with Crippen LogP contribution in [0.15, 0.2) is 66.7 Å². The summed E-state index contributed by atoms with van der Waals surface area (Å²) < 4.78 is 11.1.